The summed E-state index contributed by atoms with van der Waals surface area (Å²) in [5, 5.41) is 2.70. The van der Waals surface area contributed by atoms with E-state index in [9.17, 15) is 9.18 Å². The van der Waals surface area contributed by atoms with Crippen LogP contribution in [0.5, 0.6) is 0 Å². The molecule has 0 bridgehead atoms. The maximum absolute atomic E-state index is 12.9. The normalized spacial score (nSPS) is 10.4. The van der Waals surface area contributed by atoms with Gasteiger partial charge in [0.15, 0.2) is 5.69 Å². The van der Waals surface area contributed by atoms with Gasteiger partial charge in [-0.15, -0.1) is 11.3 Å². The third-order valence-corrected chi connectivity index (χ3v) is 3.50. The fraction of sp³-hybridized carbons (Fsp3) is 0.167. The Balaban J connectivity index is 2.18. The van der Waals surface area contributed by atoms with Crippen LogP contribution in [0.2, 0.25) is 5.02 Å². The number of thiazole rings is 1. The zero-order valence-corrected chi connectivity index (χ0v) is 11.0. The van der Waals surface area contributed by atoms with Crippen molar-refractivity contribution >= 4 is 28.9 Å². The number of carbonyl (C=O) groups excluding carboxylic acids is 1. The summed E-state index contributed by atoms with van der Waals surface area (Å²) in [6.07, 6.45) is 0.459. The molecular weight excluding hydrogens is 277 g/mol. The van der Waals surface area contributed by atoms with Gasteiger partial charge in [-0.25, -0.2) is 14.2 Å². The highest BCUT2D eigenvalue weighted by molar-refractivity contribution is 7.09. The van der Waals surface area contributed by atoms with E-state index in [1.54, 1.807) is 11.4 Å². The molecule has 0 fully saturated rings. The van der Waals surface area contributed by atoms with Crippen molar-refractivity contribution in [2.45, 2.75) is 6.42 Å². The number of methoxy groups -OCH3 is 1. The molecular formula is C12H9ClFNO2S. The molecule has 18 heavy (non-hydrogen) atoms. The molecule has 2 rings (SSSR count). The number of rotatable bonds is 3. The Morgan fingerprint density at radius 2 is 2.33 bits per heavy atom. The van der Waals surface area contributed by atoms with Crippen molar-refractivity contribution in [3.63, 3.8) is 0 Å². The summed E-state index contributed by atoms with van der Waals surface area (Å²) >= 11 is 7.26. The molecule has 3 nitrogen and oxygen atoms in total. The predicted molar refractivity (Wildman–Crippen MR) is 67.7 cm³/mol. The Labute approximate surface area is 112 Å². The minimum atomic E-state index is -0.470. The van der Waals surface area contributed by atoms with Gasteiger partial charge < -0.3 is 4.74 Å². The van der Waals surface area contributed by atoms with Crippen LogP contribution in [0.4, 0.5) is 4.39 Å². The van der Waals surface area contributed by atoms with E-state index in [1.165, 1.54) is 30.6 Å². The molecule has 0 aliphatic carbocycles. The molecule has 1 heterocycles. The van der Waals surface area contributed by atoms with Crippen molar-refractivity contribution in [1.82, 2.24) is 4.98 Å². The first-order chi connectivity index (χ1) is 8.60. The Bertz CT molecular complexity index is 585. The number of hydrogen-bond acceptors (Lipinski definition) is 4. The molecule has 0 unspecified atom stereocenters. The summed E-state index contributed by atoms with van der Waals surface area (Å²) < 4.78 is 17.5. The molecule has 0 spiro atoms. The summed E-state index contributed by atoms with van der Waals surface area (Å²) in [4.78, 5) is 15.4. The average Bonchev–Trinajstić information content (AvgIpc) is 2.80. The maximum atomic E-state index is 12.9. The van der Waals surface area contributed by atoms with Crippen LogP contribution in [0.25, 0.3) is 0 Å². The Morgan fingerprint density at radius 1 is 1.56 bits per heavy atom. The first kappa shape index (κ1) is 13.0. The SMILES string of the molecule is COC(=O)c1csc(Cc2ccc(F)cc2Cl)n1. The van der Waals surface area contributed by atoms with Crippen molar-refractivity contribution in [2.75, 3.05) is 7.11 Å². The third kappa shape index (κ3) is 2.86. The van der Waals surface area contributed by atoms with Crippen LogP contribution >= 0.6 is 22.9 Å². The molecule has 2 aromatic rings. The topological polar surface area (TPSA) is 39.2 Å². The molecule has 1 aromatic heterocycles. The zero-order valence-electron chi connectivity index (χ0n) is 9.44. The zero-order chi connectivity index (χ0) is 13.1. The summed E-state index contributed by atoms with van der Waals surface area (Å²) in [7, 11) is 1.30. The second kappa shape index (κ2) is 5.46. The van der Waals surface area contributed by atoms with Crippen molar-refractivity contribution in [3.8, 4) is 0 Å². The smallest absolute Gasteiger partial charge is 0.357 e. The second-order valence-corrected chi connectivity index (χ2v) is 4.88. The monoisotopic (exact) mass is 285 g/mol. The van der Waals surface area contributed by atoms with E-state index in [1.807, 2.05) is 0 Å². The van der Waals surface area contributed by atoms with Crippen molar-refractivity contribution < 1.29 is 13.9 Å². The molecule has 0 saturated carbocycles. The highest BCUT2D eigenvalue weighted by atomic mass is 35.5. The number of halogens is 2. The summed E-state index contributed by atoms with van der Waals surface area (Å²) in [6, 6.07) is 4.21. The van der Waals surface area contributed by atoms with Gasteiger partial charge in [0.2, 0.25) is 0 Å². The van der Waals surface area contributed by atoms with Gasteiger partial charge in [0.1, 0.15) is 5.82 Å². The van der Waals surface area contributed by atoms with Crippen LogP contribution in [-0.4, -0.2) is 18.1 Å². The standard InChI is InChI=1S/C12H9ClFNO2S/c1-17-12(16)10-6-18-11(15-10)4-7-2-3-8(14)5-9(7)13/h2-3,5-6H,4H2,1H3. The van der Waals surface area contributed by atoms with E-state index >= 15 is 0 Å². The van der Waals surface area contributed by atoms with Crippen molar-refractivity contribution in [3.05, 3.63) is 50.7 Å². The van der Waals surface area contributed by atoms with Crippen LogP contribution in [0.1, 0.15) is 21.1 Å². The minimum absolute atomic E-state index is 0.274. The molecule has 0 amide bonds. The number of benzene rings is 1. The maximum Gasteiger partial charge on any atom is 0.357 e. The van der Waals surface area contributed by atoms with Crippen LogP contribution in [0.3, 0.4) is 0 Å². The Kier molecular flexibility index (Phi) is 3.93. The van der Waals surface area contributed by atoms with E-state index in [4.69, 9.17) is 11.6 Å². The van der Waals surface area contributed by atoms with Gasteiger partial charge in [-0.1, -0.05) is 17.7 Å². The van der Waals surface area contributed by atoms with Crippen LogP contribution < -0.4 is 0 Å². The second-order valence-electron chi connectivity index (χ2n) is 3.53. The minimum Gasteiger partial charge on any atom is -0.464 e. The van der Waals surface area contributed by atoms with E-state index in [0.29, 0.717) is 11.4 Å². The molecule has 0 saturated heterocycles. The Hall–Kier alpha value is -1.46. The summed E-state index contributed by atoms with van der Waals surface area (Å²) in [5.41, 5.74) is 1.04. The number of esters is 1. The molecule has 6 heteroatoms. The molecule has 0 atom stereocenters. The van der Waals surface area contributed by atoms with E-state index in [-0.39, 0.29) is 11.5 Å². The highest BCUT2D eigenvalue weighted by Crippen LogP contribution is 2.22. The van der Waals surface area contributed by atoms with Gasteiger partial charge >= 0.3 is 5.97 Å². The molecule has 1 aromatic carbocycles. The third-order valence-electron chi connectivity index (χ3n) is 2.30. The average molecular weight is 286 g/mol. The van der Waals surface area contributed by atoms with E-state index < -0.39 is 5.97 Å². The van der Waals surface area contributed by atoms with Crippen molar-refractivity contribution in [2.24, 2.45) is 0 Å². The molecule has 0 aliphatic heterocycles. The van der Waals surface area contributed by atoms with Gasteiger partial charge in [-0.2, -0.15) is 0 Å². The van der Waals surface area contributed by atoms with E-state index in [0.717, 1.165) is 10.6 Å². The van der Waals surface area contributed by atoms with Gasteiger partial charge in [0, 0.05) is 16.8 Å². The molecule has 0 N–H and O–H groups in total. The largest absolute Gasteiger partial charge is 0.464 e. The van der Waals surface area contributed by atoms with Crippen molar-refractivity contribution in [1.29, 1.82) is 0 Å². The predicted octanol–water partition coefficient (Wildman–Crippen LogP) is 3.31. The first-order valence-corrected chi connectivity index (χ1v) is 6.32. The lowest BCUT2D eigenvalue weighted by Crippen LogP contribution is -2.01. The fourth-order valence-corrected chi connectivity index (χ4v) is 2.44. The Morgan fingerprint density at radius 3 is 3.00 bits per heavy atom. The first-order valence-electron chi connectivity index (χ1n) is 5.07. The highest BCUT2D eigenvalue weighted by Gasteiger charge is 2.12. The lowest BCUT2D eigenvalue weighted by atomic mass is 10.1. The van der Waals surface area contributed by atoms with Gasteiger partial charge in [-0.3, -0.25) is 0 Å². The summed E-state index contributed by atoms with van der Waals surface area (Å²) in [5.74, 6) is -0.846. The van der Waals surface area contributed by atoms with Gasteiger partial charge in [0.25, 0.3) is 0 Å². The summed E-state index contributed by atoms with van der Waals surface area (Å²) in [6.45, 7) is 0. The van der Waals surface area contributed by atoms with Crippen LogP contribution in [-0.2, 0) is 11.2 Å². The molecule has 0 radical (unpaired) electrons. The number of ether oxygens (including phenoxy) is 1. The number of hydrogen-bond donors (Lipinski definition) is 0. The fourth-order valence-electron chi connectivity index (χ4n) is 1.42. The number of carbonyl (C=O) groups is 1. The van der Waals surface area contributed by atoms with Crippen LogP contribution in [0.15, 0.2) is 23.6 Å². The number of aromatic nitrogens is 1. The molecule has 94 valence electrons. The van der Waals surface area contributed by atoms with E-state index in [2.05, 4.69) is 9.72 Å². The van der Waals surface area contributed by atoms with Gasteiger partial charge in [0.05, 0.1) is 12.1 Å². The van der Waals surface area contributed by atoms with Gasteiger partial charge in [-0.05, 0) is 17.7 Å². The lowest BCUT2D eigenvalue weighted by molar-refractivity contribution is 0.0594. The number of nitrogens with zero attached hydrogens (tertiary/aromatic N) is 1. The lowest BCUT2D eigenvalue weighted by Gasteiger charge is -2.01. The quantitative estimate of drug-likeness (QED) is 0.812. The molecule has 0 aliphatic rings. The van der Waals surface area contributed by atoms with Crippen LogP contribution in [0, 0.1) is 5.82 Å².